The van der Waals surface area contributed by atoms with Crippen molar-refractivity contribution in [1.29, 1.82) is 0 Å². The van der Waals surface area contributed by atoms with Crippen LogP contribution in [0.2, 0.25) is 0 Å². The number of ether oxygens (including phenoxy) is 1. The zero-order valence-electron chi connectivity index (χ0n) is 16.6. The van der Waals surface area contributed by atoms with Crippen molar-refractivity contribution in [3.05, 3.63) is 57.2 Å². The molecule has 1 unspecified atom stereocenters. The van der Waals surface area contributed by atoms with E-state index in [4.69, 9.17) is 4.74 Å². The predicted molar refractivity (Wildman–Crippen MR) is 117 cm³/mol. The maximum absolute atomic E-state index is 12.9. The lowest BCUT2D eigenvalue weighted by Gasteiger charge is -2.30. The molecule has 6 nitrogen and oxygen atoms in total. The number of halogens is 1. The van der Waals surface area contributed by atoms with Crippen LogP contribution in [0.4, 0.5) is 9.52 Å². The van der Waals surface area contributed by atoms with E-state index in [0.717, 1.165) is 31.2 Å². The lowest BCUT2D eigenvalue weighted by molar-refractivity contribution is 0.102. The van der Waals surface area contributed by atoms with E-state index in [-0.39, 0.29) is 18.3 Å². The molecule has 1 fully saturated rings. The number of carbonyl (C=O) groups is 1. The molecular weight excluding hydrogens is 423 g/mol. The van der Waals surface area contributed by atoms with Gasteiger partial charge in [-0.1, -0.05) is 6.92 Å². The third-order valence-corrected chi connectivity index (χ3v) is 6.49. The number of amides is 1. The fourth-order valence-electron chi connectivity index (χ4n) is 3.41. The van der Waals surface area contributed by atoms with E-state index in [1.807, 2.05) is 5.38 Å². The van der Waals surface area contributed by atoms with Gasteiger partial charge in [-0.25, -0.2) is 14.4 Å². The number of benzene rings is 1. The Morgan fingerprint density at radius 3 is 2.90 bits per heavy atom. The highest BCUT2D eigenvalue weighted by molar-refractivity contribution is 7.14. The summed E-state index contributed by atoms with van der Waals surface area (Å²) in [4.78, 5) is 23.8. The minimum atomic E-state index is -0.314. The van der Waals surface area contributed by atoms with E-state index < -0.39 is 0 Å². The number of piperidine rings is 1. The van der Waals surface area contributed by atoms with Gasteiger partial charge in [0.25, 0.3) is 5.91 Å². The Morgan fingerprint density at radius 2 is 2.10 bits per heavy atom. The van der Waals surface area contributed by atoms with Gasteiger partial charge in [0.15, 0.2) is 5.13 Å². The van der Waals surface area contributed by atoms with Gasteiger partial charge in [-0.2, -0.15) is 0 Å². The minimum absolute atomic E-state index is 0.221. The summed E-state index contributed by atoms with van der Waals surface area (Å²) in [6, 6.07) is 5.79. The summed E-state index contributed by atoms with van der Waals surface area (Å²) in [5.74, 6) is 0.677. The summed E-state index contributed by atoms with van der Waals surface area (Å²) in [5.41, 5.74) is 1.32. The third kappa shape index (κ3) is 5.62. The van der Waals surface area contributed by atoms with E-state index in [0.29, 0.717) is 21.6 Å². The van der Waals surface area contributed by atoms with Gasteiger partial charge in [-0.05, 0) is 49.6 Å². The summed E-state index contributed by atoms with van der Waals surface area (Å²) < 4.78 is 18.5. The van der Waals surface area contributed by atoms with Gasteiger partial charge >= 0.3 is 0 Å². The Morgan fingerprint density at radius 1 is 1.27 bits per heavy atom. The van der Waals surface area contributed by atoms with Gasteiger partial charge in [-0.15, -0.1) is 22.7 Å². The first-order chi connectivity index (χ1) is 14.5. The number of carbonyl (C=O) groups excluding carboxylic acids is 1. The zero-order chi connectivity index (χ0) is 20.9. The Bertz CT molecular complexity index is 989. The van der Waals surface area contributed by atoms with Crippen LogP contribution in [0, 0.1) is 11.7 Å². The van der Waals surface area contributed by atoms with Gasteiger partial charge in [-0.3, -0.25) is 15.0 Å². The molecule has 3 aromatic rings. The smallest absolute Gasteiger partial charge is 0.276 e. The molecular formula is C21H23FN4O2S2. The number of hydrogen-bond donors (Lipinski definition) is 1. The summed E-state index contributed by atoms with van der Waals surface area (Å²) >= 11 is 2.77. The zero-order valence-corrected chi connectivity index (χ0v) is 18.3. The molecule has 0 bridgehead atoms. The Balaban J connectivity index is 1.29. The maximum Gasteiger partial charge on any atom is 0.276 e. The SMILES string of the molecule is CC1CCCN(Cc2csc(NC(=O)c3csc(COc4ccc(F)cc4)n3)n2)C1. The number of rotatable bonds is 7. The van der Waals surface area contributed by atoms with Gasteiger partial charge in [0.1, 0.15) is 28.9 Å². The van der Waals surface area contributed by atoms with E-state index >= 15 is 0 Å². The van der Waals surface area contributed by atoms with Gasteiger partial charge in [0.05, 0.1) is 5.69 Å². The standard InChI is InChI=1S/C21H23FN4O2S2/c1-14-3-2-8-26(9-14)10-16-12-30-21(23-16)25-20(27)18-13-29-19(24-18)11-28-17-6-4-15(22)5-7-17/h4-7,12-14H,2-3,8-11H2,1H3,(H,23,25,27). The normalized spacial score (nSPS) is 17.1. The fraction of sp³-hybridized carbons (Fsp3) is 0.381. The van der Waals surface area contributed by atoms with Crippen molar-refractivity contribution in [2.45, 2.75) is 32.9 Å². The molecule has 1 amide bonds. The summed E-state index contributed by atoms with van der Waals surface area (Å²) in [7, 11) is 0. The van der Waals surface area contributed by atoms with Crippen LogP contribution in [0.5, 0.6) is 5.75 Å². The molecule has 0 saturated carbocycles. The number of anilines is 1. The molecule has 1 N–H and O–H groups in total. The highest BCUT2D eigenvalue weighted by Crippen LogP contribution is 2.22. The van der Waals surface area contributed by atoms with E-state index in [1.54, 1.807) is 17.5 Å². The maximum atomic E-state index is 12.9. The molecule has 1 aliphatic heterocycles. The molecule has 9 heteroatoms. The molecule has 2 aromatic heterocycles. The van der Waals surface area contributed by atoms with Gasteiger partial charge in [0.2, 0.25) is 0 Å². The second-order valence-corrected chi connectivity index (χ2v) is 9.25. The molecule has 1 aliphatic rings. The molecule has 1 aromatic carbocycles. The summed E-state index contributed by atoms with van der Waals surface area (Å²) in [5, 5.41) is 7.77. The minimum Gasteiger partial charge on any atom is -0.486 e. The average Bonchev–Trinajstić information content (AvgIpc) is 3.37. The summed E-state index contributed by atoms with van der Waals surface area (Å²) in [6.07, 6.45) is 2.52. The molecule has 1 atom stereocenters. The lowest BCUT2D eigenvalue weighted by atomic mass is 10.0. The van der Waals surface area contributed by atoms with E-state index in [9.17, 15) is 9.18 Å². The monoisotopic (exact) mass is 446 g/mol. The van der Waals surface area contributed by atoms with Crippen molar-refractivity contribution in [1.82, 2.24) is 14.9 Å². The van der Waals surface area contributed by atoms with Crippen molar-refractivity contribution in [3.8, 4) is 5.75 Å². The molecule has 1 saturated heterocycles. The third-order valence-electron chi connectivity index (χ3n) is 4.86. The molecule has 3 heterocycles. The molecule has 158 valence electrons. The largest absolute Gasteiger partial charge is 0.486 e. The molecule has 30 heavy (non-hydrogen) atoms. The first-order valence-corrected chi connectivity index (χ1v) is 11.6. The van der Waals surface area contributed by atoms with Crippen LogP contribution < -0.4 is 10.1 Å². The van der Waals surface area contributed by atoms with Crippen LogP contribution in [0.1, 0.15) is 41.0 Å². The first kappa shape index (κ1) is 20.9. The van der Waals surface area contributed by atoms with Crippen molar-refractivity contribution in [2.24, 2.45) is 5.92 Å². The molecule has 0 aliphatic carbocycles. The number of nitrogens with one attached hydrogen (secondary N) is 1. The van der Waals surface area contributed by atoms with Crippen molar-refractivity contribution >= 4 is 33.7 Å². The topological polar surface area (TPSA) is 67.4 Å². The van der Waals surface area contributed by atoms with E-state index in [2.05, 4.69) is 27.1 Å². The average molecular weight is 447 g/mol. The van der Waals surface area contributed by atoms with Crippen LogP contribution in [-0.4, -0.2) is 33.9 Å². The number of likely N-dealkylation sites (tertiary alicyclic amines) is 1. The van der Waals surface area contributed by atoms with Crippen LogP contribution in [0.25, 0.3) is 0 Å². The number of thiazole rings is 2. The van der Waals surface area contributed by atoms with Crippen LogP contribution in [-0.2, 0) is 13.2 Å². The fourth-order valence-corrected chi connectivity index (χ4v) is 4.80. The summed E-state index contributed by atoms with van der Waals surface area (Å²) in [6.45, 7) is 5.52. The Hall–Kier alpha value is -2.36. The quantitative estimate of drug-likeness (QED) is 0.565. The second-order valence-electron chi connectivity index (χ2n) is 7.45. The molecule has 0 spiro atoms. The van der Waals surface area contributed by atoms with Crippen molar-refractivity contribution in [3.63, 3.8) is 0 Å². The number of hydrogen-bond acceptors (Lipinski definition) is 7. The van der Waals surface area contributed by atoms with Crippen LogP contribution >= 0.6 is 22.7 Å². The van der Waals surface area contributed by atoms with Crippen LogP contribution in [0.15, 0.2) is 35.0 Å². The highest BCUT2D eigenvalue weighted by atomic mass is 32.1. The lowest BCUT2D eigenvalue weighted by Crippen LogP contribution is -2.33. The molecule has 4 rings (SSSR count). The highest BCUT2D eigenvalue weighted by Gasteiger charge is 2.18. The molecule has 0 radical (unpaired) electrons. The first-order valence-electron chi connectivity index (χ1n) is 9.86. The van der Waals surface area contributed by atoms with Crippen molar-refractivity contribution in [2.75, 3.05) is 18.4 Å². The van der Waals surface area contributed by atoms with Crippen molar-refractivity contribution < 1.29 is 13.9 Å². The number of aromatic nitrogens is 2. The predicted octanol–water partition coefficient (Wildman–Crippen LogP) is 4.80. The van der Waals surface area contributed by atoms with E-state index in [1.165, 1.54) is 47.6 Å². The second kappa shape index (κ2) is 9.63. The number of nitrogens with zero attached hydrogens (tertiary/aromatic N) is 3. The Kier molecular flexibility index (Phi) is 6.71. The van der Waals surface area contributed by atoms with Gasteiger partial charge in [0, 0.05) is 23.8 Å². The van der Waals surface area contributed by atoms with Crippen LogP contribution in [0.3, 0.4) is 0 Å². The Labute approximate surface area is 182 Å². The van der Waals surface area contributed by atoms with Gasteiger partial charge < -0.3 is 4.74 Å².